The van der Waals surface area contributed by atoms with Crippen LogP contribution in [0.4, 0.5) is 5.69 Å². The average molecular weight is 411 g/mol. The summed E-state index contributed by atoms with van der Waals surface area (Å²) in [6.45, 7) is 0. The quantitative estimate of drug-likeness (QED) is 0.388. The number of carboxylic acid groups (broad SMARTS) is 1. The van der Waals surface area contributed by atoms with E-state index >= 15 is 0 Å². The van der Waals surface area contributed by atoms with Crippen molar-refractivity contribution in [1.29, 1.82) is 0 Å². The number of nitrogens with one attached hydrogen (secondary N) is 1. The van der Waals surface area contributed by atoms with Crippen molar-refractivity contribution in [2.45, 2.75) is 5.78 Å². The van der Waals surface area contributed by atoms with Crippen molar-refractivity contribution in [1.82, 2.24) is 0 Å². The molecule has 0 aliphatic rings. The molecule has 0 aromatic heterocycles. The second-order valence-corrected chi connectivity index (χ2v) is 9.17. The van der Waals surface area contributed by atoms with E-state index in [1.54, 1.807) is 12.1 Å². The molecule has 0 saturated heterocycles. The van der Waals surface area contributed by atoms with E-state index < -0.39 is 13.9 Å². The molecule has 4 rings (SSSR count). The fourth-order valence-corrected chi connectivity index (χ4v) is 6.05. The lowest BCUT2D eigenvalue weighted by Crippen LogP contribution is -2.22. The van der Waals surface area contributed by atoms with Gasteiger partial charge < -0.3 is 10.4 Å². The van der Waals surface area contributed by atoms with Gasteiger partial charge >= 0.3 is 5.97 Å². The van der Waals surface area contributed by atoms with Crippen molar-refractivity contribution >= 4 is 30.2 Å². The molecule has 0 fully saturated rings. The molecule has 0 spiro atoms. The van der Waals surface area contributed by atoms with E-state index in [1.165, 1.54) is 10.6 Å². The van der Waals surface area contributed by atoms with Crippen LogP contribution >= 0.6 is 7.92 Å². The summed E-state index contributed by atoms with van der Waals surface area (Å²) in [5.74, 6) is -0.933. The zero-order valence-electron chi connectivity index (χ0n) is 16.3. The van der Waals surface area contributed by atoms with Crippen LogP contribution in [0, 0.1) is 0 Å². The molecular formula is C26H22NO2P. The van der Waals surface area contributed by atoms with E-state index in [2.05, 4.69) is 66.0 Å². The van der Waals surface area contributed by atoms with Gasteiger partial charge in [-0.15, -0.1) is 0 Å². The normalized spacial score (nSPS) is 11.8. The topological polar surface area (TPSA) is 49.3 Å². The van der Waals surface area contributed by atoms with E-state index in [4.69, 9.17) is 0 Å². The molecule has 2 N–H and O–H groups in total. The summed E-state index contributed by atoms with van der Waals surface area (Å²) >= 11 is 0. The maximum absolute atomic E-state index is 11.3. The highest BCUT2D eigenvalue weighted by Gasteiger charge is 2.26. The van der Waals surface area contributed by atoms with E-state index in [0.717, 1.165) is 11.3 Å². The Balaban J connectivity index is 1.83. The lowest BCUT2D eigenvalue weighted by Gasteiger charge is -2.31. The van der Waals surface area contributed by atoms with Crippen LogP contribution in [0.3, 0.4) is 0 Å². The smallest absolute Gasteiger partial charge is 0.335 e. The Bertz CT molecular complexity index is 1040. The molecule has 30 heavy (non-hydrogen) atoms. The predicted octanol–water partition coefficient (Wildman–Crippen LogP) is 5.63. The first-order valence-corrected chi connectivity index (χ1v) is 11.2. The minimum absolute atomic E-state index is 0.0185. The van der Waals surface area contributed by atoms with Gasteiger partial charge in [-0.3, -0.25) is 0 Å². The molecule has 4 aromatic rings. The van der Waals surface area contributed by atoms with Crippen LogP contribution in [0.15, 0.2) is 115 Å². The van der Waals surface area contributed by atoms with E-state index in [9.17, 15) is 9.90 Å². The van der Waals surface area contributed by atoms with Crippen molar-refractivity contribution in [3.63, 3.8) is 0 Å². The zero-order chi connectivity index (χ0) is 20.8. The second-order valence-electron chi connectivity index (χ2n) is 6.88. The fraction of sp³-hybridized carbons (Fsp3) is 0.0385. The van der Waals surface area contributed by atoms with Crippen LogP contribution in [0.25, 0.3) is 0 Å². The Morgan fingerprint density at radius 1 is 0.667 bits per heavy atom. The van der Waals surface area contributed by atoms with Gasteiger partial charge in [0.1, 0.15) is 0 Å². The number of hydrogen-bond donors (Lipinski definition) is 2. The number of aromatic carboxylic acids is 1. The second kappa shape index (κ2) is 9.39. The third-order valence-electron chi connectivity index (χ3n) is 4.88. The van der Waals surface area contributed by atoms with Gasteiger partial charge in [-0.2, -0.15) is 0 Å². The summed E-state index contributed by atoms with van der Waals surface area (Å²) in [7, 11) is -0.798. The van der Waals surface area contributed by atoms with Crippen LogP contribution in [-0.4, -0.2) is 11.1 Å². The van der Waals surface area contributed by atoms with Crippen LogP contribution in [0.5, 0.6) is 0 Å². The summed E-state index contributed by atoms with van der Waals surface area (Å²) in [6, 6.07) is 38.4. The lowest BCUT2D eigenvalue weighted by atomic mass is 10.1. The van der Waals surface area contributed by atoms with Gasteiger partial charge in [-0.05, 0) is 48.4 Å². The summed E-state index contributed by atoms with van der Waals surface area (Å²) < 4.78 is 0. The van der Waals surface area contributed by atoms with Gasteiger partial charge in [0.25, 0.3) is 0 Å². The molecule has 4 aromatic carbocycles. The van der Waals surface area contributed by atoms with Gasteiger partial charge in [0, 0.05) is 5.69 Å². The largest absolute Gasteiger partial charge is 0.478 e. The monoisotopic (exact) mass is 411 g/mol. The number of rotatable bonds is 7. The SMILES string of the molecule is O=C(O)c1ccc(C(Nc2ccccc2)P(c2ccccc2)c2ccccc2)cc1. The van der Waals surface area contributed by atoms with Crippen LogP contribution in [0.1, 0.15) is 21.7 Å². The molecule has 0 heterocycles. The minimum atomic E-state index is -0.914. The highest BCUT2D eigenvalue weighted by molar-refractivity contribution is 7.73. The van der Waals surface area contributed by atoms with Gasteiger partial charge in [-0.1, -0.05) is 91.0 Å². The number of benzene rings is 4. The fourth-order valence-electron chi connectivity index (χ4n) is 3.42. The van der Waals surface area contributed by atoms with Crippen LogP contribution in [-0.2, 0) is 0 Å². The molecule has 4 heteroatoms. The van der Waals surface area contributed by atoms with Crippen molar-refractivity contribution in [2.24, 2.45) is 0 Å². The number of carboxylic acids is 1. The van der Waals surface area contributed by atoms with Gasteiger partial charge in [0.15, 0.2) is 0 Å². The zero-order valence-corrected chi connectivity index (χ0v) is 17.2. The first kappa shape index (κ1) is 19.9. The molecule has 0 aliphatic heterocycles. The van der Waals surface area contributed by atoms with Crippen LogP contribution < -0.4 is 15.9 Å². The molecule has 0 aliphatic carbocycles. The average Bonchev–Trinajstić information content (AvgIpc) is 2.81. The maximum Gasteiger partial charge on any atom is 0.335 e. The maximum atomic E-state index is 11.3. The summed E-state index contributed by atoms with van der Waals surface area (Å²) in [4.78, 5) is 11.3. The van der Waals surface area contributed by atoms with E-state index in [1.807, 2.05) is 42.5 Å². The molecule has 1 unspecified atom stereocenters. The first-order chi connectivity index (χ1) is 14.7. The van der Waals surface area contributed by atoms with Crippen molar-refractivity contribution in [3.8, 4) is 0 Å². The number of anilines is 1. The van der Waals surface area contributed by atoms with Gasteiger partial charge in [0.2, 0.25) is 0 Å². The molecule has 148 valence electrons. The van der Waals surface area contributed by atoms with Gasteiger partial charge in [0.05, 0.1) is 11.3 Å². The Kier molecular flexibility index (Phi) is 6.22. The summed E-state index contributed by atoms with van der Waals surface area (Å²) in [5, 5.41) is 15.5. The lowest BCUT2D eigenvalue weighted by molar-refractivity contribution is 0.0697. The third kappa shape index (κ3) is 4.59. The van der Waals surface area contributed by atoms with Gasteiger partial charge in [-0.25, -0.2) is 4.79 Å². The highest BCUT2D eigenvalue weighted by atomic mass is 31.1. The minimum Gasteiger partial charge on any atom is -0.478 e. The Hall–Kier alpha value is -3.42. The molecule has 0 bridgehead atoms. The standard InChI is InChI=1S/C26H22NO2P/c28-26(29)21-18-16-20(17-19-21)25(27-22-10-4-1-5-11-22)30(23-12-6-2-7-13-23)24-14-8-3-9-15-24/h1-19,25,27H,(H,28,29). The number of hydrogen-bond acceptors (Lipinski definition) is 2. The molecule has 0 amide bonds. The Labute approximate surface area is 177 Å². The number of para-hydroxylation sites is 1. The van der Waals surface area contributed by atoms with Crippen LogP contribution in [0.2, 0.25) is 0 Å². The molecule has 3 nitrogen and oxygen atoms in total. The molecular weight excluding hydrogens is 389 g/mol. The Morgan fingerprint density at radius 2 is 1.13 bits per heavy atom. The predicted molar refractivity (Wildman–Crippen MR) is 125 cm³/mol. The first-order valence-electron chi connectivity index (χ1n) is 9.76. The number of carbonyl (C=O) groups is 1. The molecule has 0 saturated carbocycles. The molecule has 1 atom stereocenters. The highest BCUT2D eigenvalue weighted by Crippen LogP contribution is 2.49. The van der Waals surface area contributed by atoms with Crippen molar-refractivity contribution in [2.75, 3.05) is 5.32 Å². The van der Waals surface area contributed by atoms with Crippen molar-refractivity contribution in [3.05, 3.63) is 126 Å². The van der Waals surface area contributed by atoms with E-state index in [-0.39, 0.29) is 5.78 Å². The van der Waals surface area contributed by atoms with Crippen molar-refractivity contribution < 1.29 is 9.90 Å². The third-order valence-corrected chi connectivity index (χ3v) is 7.53. The Morgan fingerprint density at radius 3 is 1.60 bits per heavy atom. The van der Waals surface area contributed by atoms with E-state index in [0.29, 0.717) is 5.56 Å². The summed E-state index contributed by atoms with van der Waals surface area (Å²) in [5.41, 5.74) is 2.38. The summed E-state index contributed by atoms with van der Waals surface area (Å²) in [6.07, 6.45) is 0. The molecule has 0 radical (unpaired) electrons.